The zero-order valence-electron chi connectivity index (χ0n) is 11.6. The van der Waals surface area contributed by atoms with E-state index in [2.05, 4.69) is 20.8 Å². The average molecular weight is 298 g/mol. The molecule has 1 aromatic carbocycles. The van der Waals surface area contributed by atoms with Gasteiger partial charge in [0, 0.05) is 24.5 Å². The number of pyridine rings is 1. The molecule has 0 aliphatic rings. The van der Waals surface area contributed by atoms with E-state index in [9.17, 15) is 14.7 Å². The Morgan fingerprint density at radius 1 is 1.18 bits per heavy atom. The SMILES string of the molecule is O=C(NCc1cccnc1)C(=O)N/N=C/c1ccccc1O. The molecule has 22 heavy (non-hydrogen) atoms. The number of aromatic nitrogens is 1. The van der Waals surface area contributed by atoms with Gasteiger partial charge in [-0.3, -0.25) is 14.6 Å². The minimum Gasteiger partial charge on any atom is -0.507 e. The van der Waals surface area contributed by atoms with E-state index in [1.54, 1.807) is 42.7 Å². The molecule has 0 radical (unpaired) electrons. The largest absolute Gasteiger partial charge is 0.507 e. The monoisotopic (exact) mass is 298 g/mol. The number of phenolic OH excluding ortho intramolecular Hbond substituents is 1. The van der Waals surface area contributed by atoms with Crippen LogP contribution in [0.15, 0.2) is 53.9 Å². The van der Waals surface area contributed by atoms with Crippen molar-refractivity contribution in [3.05, 3.63) is 59.9 Å². The highest BCUT2D eigenvalue weighted by atomic mass is 16.3. The molecule has 7 nitrogen and oxygen atoms in total. The Balaban J connectivity index is 1.82. The molecule has 0 atom stereocenters. The number of benzene rings is 1. The number of para-hydroxylation sites is 1. The van der Waals surface area contributed by atoms with Gasteiger partial charge in [-0.15, -0.1) is 0 Å². The number of aromatic hydroxyl groups is 1. The molecule has 3 N–H and O–H groups in total. The zero-order chi connectivity index (χ0) is 15.8. The molecule has 2 rings (SSSR count). The second-order valence-electron chi connectivity index (χ2n) is 4.30. The van der Waals surface area contributed by atoms with Gasteiger partial charge in [-0.2, -0.15) is 5.10 Å². The van der Waals surface area contributed by atoms with Crippen molar-refractivity contribution in [2.24, 2.45) is 5.10 Å². The highest BCUT2D eigenvalue weighted by molar-refractivity contribution is 6.35. The zero-order valence-corrected chi connectivity index (χ0v) is 11.6. The van der Waals surface area contributed by atoms with Crippen molar-refractivity contribution in [1.29, 1.82) is 0 Å². The van der Waals surface area contributed by atoms with Crippen molar-refractivity contribution >= 4 is 18.0 Å². The number of nitrogens with one attached hydrogen (secondary N) is 2. The topological polar surface area (TPSA) is 104 Å². The van der Waals surface area contributed by atoms with E-state index < -0.39 is 11.8 Å². The molecule has 1 heterocycles. The number of rotatable bonds is 4. The molecule has 112 valence electrons. The number of carbonyl (C=O) groups is 2. The van der Waals surface area contributed by atoms with Gasteiger partial charge in [0.05, 0.1) is 6.21 Å². The standard InChI is InChI=1S/C15H14N4O3/c20-13-6-2-1-5-12(13)10-18-19-15(22)14(21)17-9-11-4-3-7-16-8-11/h1-8,10,20H,9H2,(H,17,21)(H,19,22)/b18-10+. The van der Waals surface area contributed by atoms with Crippen LogP contribution >= 0.6 is 0 Å². The van der Waals surface area contributed by atoms with Crippen LogP contribution in [-0.4, -0.2) is 28.1 Å². The van der Waals surface area contributed by atoms with E-state index in [1.807, 2.05) is 0 Å². The lowest BCUT2D eigenvalue weighted by Crippen LogP contribution is -2.37. The van der Waals surface area contributed by atoms with E-state index in [-0.39, 0.29) is 12.3 Å². The lowest BCUT2D eigenvalue weighted by molar-refractivity contribution is -0.139. The van der Waals surface area contributed by atoms with Crippen LogP contribution in [-0.2, 0) is 16.1 Å². The summed E-state index contributed by atoms with van der Waals surface area (Å²) in [6.07, 6.45) is 4.46. The van der Waals surface area contributed by atoms with E-state index in [0.717, 1.165) is 5.56 Å². The second-order valence-corrected chi connectivity index (χ2v) is 4.30. The second kappa shape index (κ2) is 7.53. The predicted molar refractivity (Wildman–Crippen MR) is 79.9 cm³/mol. The predicted octanol–water partition coefficient (Wildman–Crippen LogP) is 0.554. The van der Waals surface area contributed by atoms with Crippen molar-refractivity contribution in [1.82, 2.24) is 15.7 Å². The highest BCUT2D eigenvalue weighted by Crippen LogP contribution is 2.12. The van der Waals surface area contributed by atoms with Crippen LogP contribution in [0.2, 0.25) is 0 Å². The van der Waals surface area contributed by atoms with E-state index in [4.69, 9.17) is 0 Å². The number of nitrogens with zero attached hydrogens (tertiary/aromatic N) is 2. The Labute approximate surface area is 126 Å². The van der Waals surface area contributed by atoms with E-state index in [0.29, 0.717) is 5.56 Å². The molecule has 0 spiro atoms. The summed E-state index contributed by atoms with van der Waals surface area (Å²) < 4.78 is 0. The molecule has 7 heteroatoms. The smallest absolute Gasteiger partial charge is 0.329 e. The Bertz CT molecular complexity index is 686. The van der Waals surface area contributed by atoms with Gasteiger partial charge in [0.2, 0.25) is 0 Å². The number of hydrogen-bond donors (Lipinski definition) is 3. The molecule has 0 bridgehead atoms. The molecule has 2 aromatic rings. The van der Waals surface area contributed by atoms with Crippen LogP contribution in [0.25, 0.3) is 0 Å². The van der Waals surface area contributed by atoms with Gasteiger partial charge in [-0.25, -0.2) is 5.43 Å². The summed E-state index contributed by atoms with van der Waals surface area (Å²) in [5.74, 6) is -1.67. The Morgan fingerprint density at radius 3 is 2.73 bits per heavy atom. The summed E-state index contributed by atoms with van der Waals surface area (Å²) in [6.45, 7) is 0.198. The van der Waals surface area contributed by atoms with Gasteiger partial charge in [0.15, 0.2) is 0 Å². The lowest BCUT2D eigenvalue weighted by atomic mass is 10.2. The van der Waals surface area contributed by atoms with Crippen LogP contribution in [0.1, 0.15) is 11.1 Å². The molecule has 2 amide bonds. The molecular weight excluding hydrogens is 284 g/mol. The van der Waals surface area contributed by atoms with E-state index >= 15 is 0 Å². The van der Waals surface area contributed by atoms with Crippen molar-refractivity contribution in [3.8, 4) is 5.75 Å². The van der Waals surface area contributed by atoms with Crippen LogP contribution in [0.3, 0.4) is 0 Å². The molecule has 0 fully saturated rings. The van der Waals surface area contributed by atoms with Gasteiger partial charge in [0.1, 0.15) is 5.75 Å². The molecule has 0 aliphatic heterocycles. The summed E-state index contributed by atoms with van der Waals surface area (Å²) in [5, 5.41) is 15.6. The summed E-state index contributed by atoms with van der Waals surface area (Å²) >= 11 is 0. The van der Waals surface area contributed by atoms with Crippen molar-refractivity contribution < 1.29 is 14.7 Å². The van der Waals surface area contributed by atoms with E-state index in [1.165, 1.54) is 12.3 Å². The minimum atomic E-state index is -0.893. The molecule has 0 saturated carbocycles. The first-order chi connectivity index (χ1) is 10.7. The lowest BCUT2D eigenvalue weighted by Gasteiger charge is -2.03. The maximum absolute atomic E-state index is 11.6. The van der Waals surface area contributed by atoms with Gasteiger partial charge >= 0.3 is 11.8 Å². The van der Waals surface area contributed by atoms with Gasteiger partial charge in [-0.05, 0) is 23.8 Å². The minimum absolute atomic E-state index is 0.0292. The number of hydrazone groups is 1. The normalized spacial score (nSPS) is 10.4. The summed E-state index contributed by atoms with van der Waals surface area (Å²) in [5.41, 5.74) is 3.29. The molecule has 0 unspecified atom stereocenters. The van der Waals surface area contributed by atoms with Crippen LogP contribution < -0.4 is 10.7 Å². The molecule has 0 saturated heterocycles. The fourth-order valence-corrected chi connectivity index (χ4v) is 1.57. The molecule has 0 aliphatic carbocycles. The summed E-state index contributed by atoms with van der Waals surface area (Å²) in [6, 6.07) is 10.00. The maximum Gasteiger partial charge on any atom is 0.329 e. The Hall–Kier alpha value is -3.22. The number of hydrogen-bond acceptors (Lipinski definition) is 5. The summed E-state index contributed by atoms with van der Waals surface area (Å²) in [4.78, 5) is 27.0. The van der Waals surface area contributed by atoms with Gasteiger partial charge in [-0.1, -0.05) is 18.2 Å². The van der Waals surface area contributed by atoms with Crippen LogP contribution in [0, 0.1) is 0 Å². The van der Waals surface area contributed by atoms with Crippen molar-refractivity contribution in [3.63, 3.8) is 0 Å². The quantitative estimate of drug-likeness (QED) is 0.435. The first-order valence-corrected chi connectivity index (χ1v) is 6.45. The number of amides is 2. The Morgan fingerprint density at radius 2 is 2.00 bits per heavy atom. The van der Waals surface area contributed by atoms with Gasteiger partial charge in [0.25, 0.3) is 0 Å². The number of carbonyl (C=O) groups excluding carboxylic acids is 2. The van der Waals surface area contributed by atoms with Crippen LogP contribution in [0.4, 0.5) is 0 Å². The van der Waals surface area contributed by atoms with Crippen molar-refractivity contribution in [2.75, 3.05) is 0 Å². The average Bonchev–Trinajstić information content (AvgIpc) is 2.55. The summed E-state index contributed by atoms with van der Waals surface area (Å²) in [7, 11) is 0. The number of phenols is 1. The van der Waals surface area contributed by atoms with Crippen molar-refractivity contribution in [2.45, 2.75) is 6.54 Å². The van der Waals surface area contributed by atoms with Gasteiger partial charge < -0.3 is 10.4 Å². The molecule has 1 aromatic heterocycles. The van der Waals surface area contributed by atoms with Crippen LogP contribution in [0.5, 0.6) is 5.75 Å². The maximum atomic E-state index is 11.6. The third-order valence-electron chi connectivity index (χ3n) is 2.69. The third-order valence-corrected chi connectivity index (χ3v) is 2.69. The fourth-order valence-electron chi connectivity index (χ4n) is 1.57. The first-order valence-electron chi connectivity index (χ1n) is 6.45. The molecular formula is C15H14N4O3. The highest BCUT2D eigenvalue weighted by Gasteiger charge is 2.11. The third kappa shape index (κ3) is 4.41. The Kier molecular flexibility index (Phi) is 5.20. The fraction of sp³-hybridized carbons (Fsp3) is 0.0667. The first kappa shape index (κ1) is 15.2.